The zero-order chi connectivity index (χ0) is 15.6. The summed E-state index contributed by atoms with van der Waals surface area (Å²) in [7, 11) is 0. The van der Waals surface area contributed by atoms with Crippen molar-refractivity contribution in [3.63, 3.8) is 0 Å². The number of H-pyrrole nitrogens is 1. The number of nitrogens with one attached hydrogen (secondary N) is 2. The van der Waals surface area contributed by atoms with E-state index in [4.69, 9.17) is 0 Å². The average molecular weight is 286 g/mol. The molecule has 0 atom stereocenters. The van der Waals surface area contributed by atoms with Gasteiger partial charge in [0.2, 0.25) is 5.91 Å². The molecule has 2 N–H and O–H groups in total. The predicted octanol–water partition coefficient (Wildman–Crippen LogP) is 3.92. The zero-order valence-electron chi connectivity index (χ0n) is 13.7. The van der Waals surface area contributed by atoms with Gasteiger partial charge in [0.25, 0.3) is 0 Å². The van der Waals surface area contributed by atoms with Gasteiger partial charge in [-0.25, -0.2) is 0 Å². The van der Waals surface area contributed by atoms with E-state index in [0.717, 1.165) is 35.1 Å². The van der Waals surface area contributed by atoms with Gasteiger partial charge in [-0.3, -0.25) is 4.79 Å². The van der Waals surface area contributed by atoms with E-state index in [-0.39, 0.29) is 5.91 Å². The molecule has 0 unspecified atom stereocenters. The second-order valence-electron chi connectivity index (χ2n) is 6.73. The molecule has 114 valence electrons. The molecule has 0 fully saturated rings. The maximum absolute atomic E-state index is 12.6. The number of benzene rings is 1. The van der Waals surface area contributed by atoms with E-state index in [0.29, 0.717) is 5.92 Å². The van der Waals surface area contributed by atoms with Crippen molar-refractivity contribution in [2.75, 3.05) is 6.54 Å². The van der Waals surface area contributed by atoms with Gasteiger partial charge in [0.15, 0.2) is 0 Å². The number of carbonyl (C=O) groups excluding carboxylic acids is 1. The topological polar surface area (TPSA) is 44.9 Å². The van der Waals surface area contributed by atoms with Crippen molar-refractivity contribution in [1.82, 2.24) is 10.3 Å². The van der Waals surface area contributed by atoms with Gasteiger partial charge in [0.05, 0.1) is 5.41 Å². The number of aromatic nitrogens is 1. The highest BCUT2D eigenvalue weighted by Crippen LogP contribution is 2.33. The standard InChI is InChI=1S/C18H26N2O/c1-12(2)10-11-19-17(21)18(4,5)16-13(3)20-15-9-7-6-8-14(15)16/h6-9,12,20H,10-11H2,1-5H3,(H,19,21). The first kappa shape index (κ1) is 15.6. The van der Waals surface area contributed by atoms with Gasteiger partial charge in [0.1, 0.15) is 0 Å². The maximum atomic E-state index is 12.6. The summed E-state index contributed by atoms with van der Waals surface area (Å²) in [5, 5.41) is 4.22. The number of aryl methyl sites for hydroxylation is 1. The number of hydrogen-bond acceptors (Lipinski definition) is 1. The fourth-order valence-corrected chi connectivity index (χ4v) is 2.89. The van der Waals surface area contributed by atoms with Gasteiger partial charge in [-0.2, -0.15) is 0 Å². The summed E-state index contributed by atoms with van der Waals surface area (Å²) in [5.74, 6) is 0.694. The van der Waals surface area contributed by atoms with Crippen molar-refractivity contribution in [2.45, 2.75) is 46.5 Å². The molecule has 3 heteroatoms. The monoisotopic (exact) mass is 286 g/mol. The van der Waals surface area contributed by atoms with E-state index in [9.17, 15) is 4.79 Å². The minimum absolute atomic E-state index is 0.0935. The Morgan fingerprint density at radius 3 is 2.62 bits per heavy atom. The normalized spacial score (nSPS) is 12.1. The summed E-state index contributed by atoms with van der Waals surface area (Å²) in [5.41, 5.74) is 2.72. The average Bonchev–Trinajstić information content (AvgIpc) is 2.74. The lowest BCUT2D eigenvalue weighted by Gasteiger charge is -2.25. The summed E-state index contributed by atoms with van der Waals surface area (Å²) in [6.45, 7) is 11.1. The molecule has 0 aliphatic rings. The summed E-state index contributed by atoms with van der Waals surface area (Å²) >= 11 is 0. The number of aromatic amines is 1. The van der Waals surface area contributed by atoms with Crippen LogP contribution in [0.1, 0.15) is 45.4 Å². The first-order valence-electron chi connectivity index (χ1n) is 7.70. The van der Waals surface area contributed by atoms with Crippen molar-refractivity contribution >= 4 is 16.8 Å². The first-order valence-corrected chi connectivity index (χ1v) is 7.70. The molecular formula is C18H26N2O. The molecule has 21 heavy (non-hydrogen) atoms. The van der Waals surface area contributed by atoms with Crippen LogP contribution in [-0.2, 0) is 10.2 Å². The molecule has 2 rings (SSSR count). The molecule has 1 aromatic carbocycles. The van der Waals surface area contributed by atoms with Gasteiger partial charge in [-0.05, 0) is 44.7 Å². The van der Waals surface area contributed by atoms with Gasteiger partial charge in [-0.15, -0.1) is 0 Å². The molecule has 0 saturated carbocycles. The van der Waals surface area contributed by atoms with Crippen molar-refractivity contribution in [3.8, 4) is 0 Å². The first-order chi connectivity index (χ1) is 9.84. The van der Waals surface area contributed by atoms with Crippen molar-refractivity contribution in [1.29, 1.82) is 0 Å². The molecule has 0 aliphatic carbocycles. The molecule has 0 bridgehead atoms. The van der Waals surface area contributed by atoms with Crippen LogP contribution < -0.4 is 5.32 Å². The SMILES string of the molecule is Cc1[nH]c2ccccc2c1C(C)(C)C(=O)NCCC(C)C. The lowest BCUT2D eigenvalue weighted by molar-refractivity contribution is -0.125. The third kappa shape index (κ3) is 3.12. The highest BCUT2D eigenvalue weighted by molar-refractivity contribution is 5.95. The number of amides is 1. The summed E-state index contributed by atoms with van der Waals surface area (Å²) in [4.78, 5) is 16.0. The van der Waals surface area contributed by atoms with Crippen LogP contribution in [0.2, 0.25) is 0 Å². The van der Waals surface area contributed by atoms with E-state index in [1.807, 2.05) is 32.9 Å². The molecule has 0 saturated heterocycles. The Labute approximate surface area is 127 Å². The number of rotatable bonds is 5. The maximum Gasteiger partial charge on any atom is 0.230 e. The molecule has 0 aliphatic heterocycles. The third-order valence-corrected chi connectivity index (χ3v) is 4.09. The van der Waals surface area contributed by atoms with E-state index >= 15 is 0 Å². The summed E-state index contributed by atoms with van der Waals surface area (Å²) in [6.07, 6.45) is 1.01. The number of fused-ring (bicyclic) bond motifs is 1. The Hall–Kier alpha value is -1.77. The van der Waals surface area contributed by atoms with Crippen molar-refractivity contribution in [3.05, 3.63) is 35.5 Å². The Morgan fingerprint density at radius 2 is 1.95 bits per heavy atom. The Kier molecular flexibility index (Phi) is 4.40. The minimum Gasteiger partial charge on any atom is -0.358 e. The lowest BCUT2D eigenvalue weighted by Crippen LogP contribution is -2.41. The molecule has 0 spiro atoms. The van der Waals surface area contributed by atoms with E-state index < -0.39 is 5.41 Å². The van der Waals surface area contributed by atoms with Crippen LogP contribution in [0, 0.1) is 12.8 Å². The largest absolute Gasteiger partial charge is 0.358 e. The van der Waals surface area contributed by atoms with Gasteiger partial charge >= 0.3 is 0 Å². The van der Waals surface area contributed by atoms with Crippen LogP contribution in [0.4, 0.5) is 0 Å². The highest BCUT2D eigenvalue weighted by Gasteiger charge is 2.33. The Bertz CT molecular complexity index is 638. The van der Waals surface area contributed by atoms with Crippen LogP contribution in [0.3, 0.4) is 0 Å². The van der Waals surface area contributed by atoms with Crippen LogP contribution in [0.15, 0.2) is 24.3 Å². The fraction of sp³-hybridized carbons (Fsp3) is 0.500. The van der Waals surface area contributed by atoms with Crippen LogP contribution in [0.5, 0.6) is 0 Å². The van der Waals surface area contributed by atoms with Crippen LogP contribution >= 0.6 is 0 Å². The van der Waals surface area contributed by atoms with Crippen molar-refractivity contribution in [2.24, 2.45) is 5.92 Å². The Balaban J connectivity index is 2.28. The van der Waals surface area contributed by atoms with E-state index in [2.05, 4.69) is 36.3 Å². The molecular weight excluding hydrogens is 260 g/mol. The van der Waals surface area contributed by atoms with Gasteiger partial charge in [0, 0.05) is 23.1 Å². The zero-order valence-corrected chi connectivity index (χ0v) is 13.7. The molecule has 1 amide bonds. The third-order valence-electron chi connectivity index (χ3n) is 4.09. The number of para-hydroxylation sites is 1. The lowest BCUT2D eigenvalue weighted by atomic mass is 9.81. The van der Waals surface area contributed by atoms with E-state index in [1.54, 1.807) is 0 Å². The van der Waals surface area contributed by atoms with Crippen LogP contribution in [-0.4, -0.2) is 17.4 Å². The number of carbonyl (C=O) groups is 1. The predicted molar refractivity (Wildman–Crippen MR) is 88.5 cm³/mol. The molecule has 2 aromatic rings. The minimum atomic E-state index is -0.541. The van der Waals surface area contributed by atoms with Gasteiger partial charge < -0.3 is 10.3 Å². The second-order valence-corrected chi connectivity index (χ2v) is 6.73. The fourth-order valence-electron chi connectivity index (χ4n) is 2.89. The second kappa shape index (κ2) is 5.92. The molecule has 0 radical (unpaired) electrons. The number of hydrogen-bond donors (Lipinski definition) is 2. The quantitative estimate of drug-likeness (QED) is 0.860. The van der Waals surface area contributed by atoms with Gasteiger partial charge in [-0.1, -0.05) is 32.0 Å². The van der Waals surface area contributed by atoms with Crippen LogP contribution in [0.25, 0.3) is 10.9 Å². The Morgan fingerprint density at radius 1 is 1.29 bits per heavy atom. The molecule has 3 nitrogen and oxygen atoms in total. The highest BCUT2D eigenvalue weighted by atomic mass is 16.2. The molecule has 1 aromatic heterocycles. The van der Waals surface area contributed by atoms with Crippen molar-refractivity contribution < 1.29 is 4.79 Å². The smallest absolute Gasteiger partial charge is 0.230 e. The summed E-state index contributed by atoms with van der Waals surface area (Å²) in [6, 6.07) is 8.17. The molecule has 1 heterocycles. The van der Waals surface area contributed by atoms with E-state index in [1.165, 1.54) is 0 Å². The summed E-state index contributed by atoms with van der Waals surface area (Å²) < 4.78 is 0.